The number of thioether (sulfide) groups is 1. The Hall–Kier alpha value is -1.17. The topological polar surface area (TPSA) is 70.1 Å². The Morgan fingerprint density at radius 2 is 2.32 bits per heavy atom. The molecule has 106 valence electrons. The van der Waals surface area contributed by atoms with Crippen LogP contribution in [0.2, 0.25) is 0 Å². The first-order valence-electron chi connectivity index (χ1n) is 6.62. The molecule has 0 spiro atoms. The number of nitrogen functional groups attached to an aromatic ring is 1. The molecule has 2 unspecified atom stereocenters. The number of hydrogen-bond donors (Lipinski definition) is 1. The summed E-state index contributed by atoms with van der Waals surface area (Å²) in [5.41, 5.74) is 6.35. The number of nitrogens with two attached hydrogens (primary N) is 1. The zero-order chi connectivity index (χ0) is 14.0. The first-order chi connectivity index (χ1) is 9.08. The Morgan fingerprint density at radius 3 is 2.89 bits per heavy atom. The fraction of sp³-hybridized carbons (Fsp3) is 0.692. The average Bonchev–Trinajstić information content (AvgIpc) is 2.94. The van der Waals surface area contributed by atoms with Crippen molar-refractivity contribution in [1.29, 1.82) is 0 Å². The molecule has 1 aromatic heterocycles. The Kier molecular flexibility index (Phi) is 4.39. The van der Waals surface area contributed by atoms with E-state index in [1.165, 1.54) is 6.42 Å². The number of carbonyl (C=O) groups excluding carboxylic acids is 1. The van der Waals surface area contributed by atoms with Crippen molar-refractivity contribution < 1.29 is 9.53 Å². The first kappa shape index (κ1) is 14.2. The summed E-state index contributed by atoms with van der Waals surface area (Å²) in [5, 5.41) is 0.678. The molecule has 1 aromatic rings. The summed E-state index contributed by atoms with van der Waals surface area (Å²) >= 11 is 1.90. The van der Waals surface area contributed by atoms with E-state index in [2.05, 4.69) is 11.2 Å². The molecule has 1 saturated carbocycles. The molecule has 0 radical (unpaired) electrons. The van der Waals surface area contributed by atoms with Gasteiger partial charge in [0.1, 0.15) is 11.6 Å². The van der Waals surface area contributed by atoms with E-state index in [0.717, 1.165) is 18.7 Å². The molecule has 0 saturated heterocycles. The van der Waals surface area contributed by atoms with Crippen molar-refractivity contribution in [3.8, 4) is 0 Å². The van der Waals surface area contributed by atoms with Gasteiger partial charge in [0.05, 0.1) is 6.61 Å². The van der Waals surface area contributed by atoms with Crippen LogP contribution in [0, 0.1) is 6.92 Å². The predicted octanol–water partition coefficient (Wildman–Crippen LogP) is 2.41. The van der Waals surface area contributed by atoms with Crippen LogP contribution < -0.4 is 5.73 Å². The van der Waals surface area contributed by atoms with Crippen LogP contribution in [0.25, 0.3) is 0 Å². The number of aromatic nitrogens is 2. The zero-order valence-corrected chi connectivity index (χ0v) is 12.5. The number of hydrogen-bond acceptors (Lipinski definition) is 5. The molecule has 1 fully saturated rings. The van der Waals surface area contributed by atoms with Crippen LogP contribution in [0.3, 0.4) is 0 Å². The highest BCUT2D eigenvalue weighted by molar-refractivity contribution is 7.99. The van der Waals surface area contributed by atoms with Crippen molar-refractivity contribution in [3.05, 3.63) is 11.5 Å². The summed E-state index contributed by atoms with van der Waals surface area (Å²) in [5.74, 6) is 0.816. The van der Waals surface area contributed by atoms with Gasteiger partial charge in [-0.25, -0.2) is 9.78 Å². The molecular formula is C13H21N3O2S. The van der Waals surface area contributed by atoms with Crippen LogP contribution in [0.5, 0.6) is 0 Å². The molecule has 2 rings (SSSR count). The first-order valence-corrected chi connectivity index (χ1v) is 7.91. The van der Waals surface area contributed by atoms with E-state index in [4.69, 9.17) is 10.5 Å². The van der Waals surface area contributed by atoms with Crippen LogP contribution in [0.4, 0.5) is 5.82 Å². The van der Waals surface area contributed by atoms with Gasteiger partial charge < -0.3 is 15.0 Å². The van der Waals surface area contributed by atoms with E-state index in [9.17, 15) is 4.79 Å². The third-order valence-electron chi connectivity index (χ3n) is 3.65. The summed E-state index contributed by atoms with van der Waals surface area (Å²) in [6.45, 7) is 4.01. The highest BCUT2D eigenvalue weighted by Crippen LogP contribution is 2.38. The molecule has 0 aromatic carbocycles. The van der Waals surface area contributed by atoms with Gasteiger partial charge in [-0.2, -0.15) is 11.8 Å². The maximum atomic E-state index is 11.8. The van der Waals surface area contributed by atoms with Crippen LogP contribution >= 0.6 is 11.8 Å². The van der Waals surface area contributed by atoms with E-state index >= 15 is 0 Å². The summed E-state index contributed by atoms with van der Waals surface area (Å²) in [4.78, 5) is 16.1. The summed E-state index contributed by atoms with van der Waals surface area (Å²) in [7, 11) is 0. The Balaban J connectivity index is 2.25. The van der Waals surface area contributed by atoms with Gasteiger partial charge in [0.15, 0.2) is 5.69 Å². The maximum Gasteiger partial charge on any atom is 0.360 e. The van der Waals surface area contributed by atoms with Crippen LogP contribution in [-0.2, 0) is 4.74 Å². The molecule has 2 atom stereocenters. The van der Waals surface area contributed by atoms with Gasteiger partial charge in [0.2, 0.25) is 0 Å². The molecule has 2 N–H and O–H groups in total. The van der Waals surface area contributed by atoms with Crippen molar-refractivity contribution in [2.75, 3.05) is 18.6 Å². The minimum Gasteiger partial charge on any atom is -0.461 e. The Bertz CT molecular complexity index is 473. The molecule has 0 amide bonds. The molecule has 19 heavy (non-hydrogen) atoms. The van der Waals surface area contributed by atoms with Gasteiger partial charge >= 0.3 is 5.97 Å². The predicted molar refractivity (Wildman–Crippen MR) is 77.5 cm³/mol. The van der Waals surface area contributed by atoms with E-state index < -0.39 is 5.97 Å². The summed E-state index contributed by atoms with van der Waals surface area (Å²) in [6, 6.07) is 0.355. The van der Waals surface area contributed by atoms with E-state index in [1.54, 1.807) is 6.92 Å². The van der Waals surface area contributed by atoms with Crippen molar-refractivity contribution in [2.24, 2.45) is 0 Å². The fourth-order valence-electron chi connectivity index (χ4n) is 2.74. The summed E-state index contributed by atoms with van der Waals surface area (Å²) < 4.78 is 6.99. The number of anilines is 1. The fourth-order valence-corrected chi connectivity index (χ4v) is 3.52. The monoisotopic (exact) mass is 283 g/mol. The van der Waals surface area contributed by atoms with Crippen molar-refractivity contribution in [3.63, 3.8) is 0 Å². The highest BCUT2D eigenvalue weighted by Gasteiger charge is 2.30. The number of aryl methyl sites for hydroxylation is 1. The molecule has 6 heteroatoms. The molecule has 0 aliphatic heterocycles. The number of carbonyl (C=O) groups is 1. The van der Waals surface area contributed by atoms with Gasteiger partial charge in [-0.3, -0.25) is 0 Å². The molecule has 1 aliphatic carbocycles. The van der Waals surface area contributed by atoms with Crippen molar-refractivity contribution in [2.45, 2.75) is 44.4 Å². The minimum absolute atomic E-state index is 0.256. The number of ether oxygens (including phenoxy) is 1. The average molecular weight is 283 g/mol. The molecule has 5 nitrogen and oxygen atoms in total. The van der Waals surface area contributed by atoms with E-state index in [1.807, 2.05) is 23.3 Å². The Labute approximate surface area is 117 Å². The molecule has 0 bridgehead atoms. The highest BCUT2D eigenvalue weighted by atomic mass is 32.2. The normalized spacial score (nSPS) is 22.7. The number of nitrogens with zero attached hydrogens (tertiary/aromatic N) is 2. The molecule has 1 heterocycles. The minimum atomic E-state index is -0.429. The van der Waals surface area contributed by atoms with Gasteiger partial charge in [-0.05, 0) is 39.4 Å². The van der Waals surface area contributed by atoms with Crippen LogP contribution in [-0.4, -0.2) is 33.6 Å². The van der Waals surface area contributed by atoms with Crippen molar-refractivity contribution in [1.82, 2.24) is 9.55 Å². The van der Waals surface area contributed by atoms with Crippen molar-refractivity contribution >= 4 is 23.5 Å². The molecule has 1 aliphatic rings. The van der Waals surface area contributed by atoms with Crippen LogP contribution in [0.15, 0.2) is 0 Å². The van der Waals surface area contributed by atoms with E-state index in [-0.39, 0.29) is 5.69 Å². The second-order valence-corrected chi connectivity index (χ2v) is 5.95. The Morgan fingerprint density at radius 1 is 1.58 bits per heavy atom. The number of rotatable bonds is 4. The standard InChI is InChI=1S/C13H21N3O2S/c1-4-18-13(17)11-12(14)16(8(2)15-11)9-5-6-10(7-9)19-3/h9-10H,4-7,14H2,1-3H3. The lowest BCUT2D eigenvalue weighted by Gasteiger charge is -2.16. The van der Waals surface area contributed by atoms with Gasteiger partial charge in [0.25, 0.3) is 0 Å². The van der Waals surface area contributed by atoms with Gasteiger partial charge in [-0.15, -0.1) is 0 Å². The van der Waals surface area contributed by atoms with Gasteiger partial charge in [0, 0.05) is 11.3 Å². The smallest absolute Gasteiger partial charge is 0.360 e. The number of esters is 1. The SMILES string of the molecule is CCOC(=O)c1nc(C)n(C2CCC(SC)C2)c1N. The lowest BCUT2D eigenvalue weighted by Crippen LogP contribution is -2.13. The van der Waals surface area contributed by atoms with Gasteiger partial charge in [-0.1, -0.05) is 0 Å². The maximum absolute atomic E-state index is 11.8. The second kappa shape index (κ2) is 5.86. The third kappa shape index (κ3) is 2.73. The number of imidazole rings is 1. The lowest BCUT2D eigenvalue weighted by molar-refractivity contribution is 0.0521. The largest absolute Gasteiger partial charge is 0.461 e. The second-order valence-electron chi connectivity index (χ2n) is 4.81. The molecular weight excluding hydrogens is 262 g/mol. The lowest BCUT2D eigenvalue weighted by atomic mass is 10.2. The summed E-state index contributed by atoms with van der Waals surface area (Å²) in [6.07, 6.45) is 5.51. The zero-order valence-electron chi connectivity index (χ0n) is 11.7. The van der Waals surface area contributed by atoms with E-state index in [0.29, 0.717) is 23.7 Å². The quantitative estimate of drug-likeness (QED) is 0.859. The van der Waals surface area contributed by atoms with Crippen LogP contribution in [0.1, 0.15) is 48.5 Å². The third-order valence-corrected chi connectivity index (χ3v) is 4.74.